The number of carbonyl (C=O) groups is 1. The molecule has 1 aliphatic rings. The van der Waals surface area contributed by atoms with Gasteiger partial charge in [0.25, 0.3) is 5.91 Å². The van der Waals surface area contributed by atoms with Crippen molar-refractivity contribution < 1.29 is 9.53 Å². The number of carbonyl (C=O) groups excluding carboxylic acids is 1. The highest BCUT2D eigenvalue weighted by molar-refractivity contribution is 6.01. The lowest BCUT2D eigenvalue weighted by molar-refractivity contribution is 0.0952. The Kier molecular flexibility index (Phi) is 3.63. The van der Waals surface area contributed by atoms with Gasteiger partial charge in [0.2, 0.25) is 0 Å². The van der Waals surface area contributed by atoms with Crippen LogP contribution in [0.4, 0.5) is 0 Å². The molecule has 1 aromatic heterocycles. The van der Waals surface area contributed by atoms with Gasteiger partial charge in [0.1, 0.15) is 11.4 Å². The highest BCUT2D eigenvalue weighted by Crippen LogP contribution is 2.28. The monoisotopic (exact) mass is 272 g/mol. The number of benzene rings is 1. The molecule has 4 nitrogen and oxygen atoms in total. The number of nitrogens with one attached hydrogen (secondary N) is 2. The van der Waals surface area contributed by atoms with E-state index in [-0.39, 0.29) is 5.91 Å². The van der Waals surface area contributed by atoms with Gasteiger partial charge in [0, 0.05) is 17.4 Å². The van der Waals surface area contributed by atoms with Crippen LogP contribution in [0.25, 0.3) is 10.9 Å². The molecule has 0 unspecified atom stereocenters. The van der Waals surface area contributed by atoms with Crippen LogP contribution < -0.4 is 10.1 Å². The molecule has 1 aliphatic heterocycles. The Labute approximate surface area is 118 Å². The fourth-order valence-electron chi connectivity index (χ4n) is 2.66. The molecule has 0 radical (unpaired) electrons. The summed E-state index contributed by atoms with van der Waals surface area (Å²) < 4.78 is 5.76. The van der Waals surface area contributed by atoms with E-state index in [2.05, 4.69) is 23.3 Å². The molecular formula is C16H20N2O2. The van der Waals surface area contributed by atoms with E-state index in [0.29, 0.717) is 5.69 Å². The van der Waals surface area contributed by atoms with E-state index in [1.54, 1.807) is 0 Å². The van der Waals surface area contributed by atoms with E-state index in [4.69, 9.17) is 4.74 Å². The van der Waals surface area contributed by atoms with E-state index in [1.807, 2.05) is 12.1 Å². The molecule has 1 aromatic carbocycles. The smallest absolute Gasteiger partial charge is 0.268 e. The molecule has 20 heavy (non-hydrogen) atoms. The topological polar surface area (TPSA) is 54.1 Å². The number of hydrogen-bond donors (Lipinski definition) is 2. The van der Waals surface area contributed by atoms with E-state index in [9.17, 15) is 4.79 Å². The average molecular weight is 272 g/mol. The summed E-state index contributed by atoms with van der Waals surface area (Å²) in [6, 6.07) is 6.02. The minimum absolute atomic E-state index is 0.00199. The average Bonchev–Trinajstić information content (AvgIpc) is 2.72. The minimum atomic E-state index is 0.00199. The van der Waals surface area contributed by atoms with E-state index < -0.39 is 0 Å². The van der Waals surface area contributed by atoms with Gasteiger partial charge >= 0.3 is 0 Å². The number of aromatic amines is 1. The van der Waals surface area contributed by atoms with E-state index in [0.717, 1.165) is 61.1 Å². The predicted molar refractivity (Wildman–Crippen MR) is 79.4 cm³/mol. The first-order chi connectivity index (χ1) is 9.79. The quantitative estimate of drug-likeness (QED) is 0.841. The van der Waals surface area contributed by atoms with Crippen LogP contribution in [-0.4, -0.2) is 24.0 Å². The Hall–Kier alpha value is -1.97. The van der Waals surface area contributed by atoms with Gasteiger partial charge in [-0.25, -0.2) is 0 Å². The van der Waals surface area contributed by atoms with Crippen molar-refractivity contribution in [1.82, 2.24) is 10.3 Å². The molecule has 2 heterocycles. The van der Waals surface area contributed by atoms with Gasteiger partial charge < -0.3 is 15.0 Å². The lowest BCUT2D eigenvalue weighted by atomic mass is 10.1. The first kappa shape index (κ1) is 13.0. The van der Waals surface area contributed by atoms with Crippen LogP contribution in [0.3, 0.4) is 0 Å². The highest BCUT2D eigenvalue weighted by Gasteiger charge is 2.20. The summed E-state index contributed by atoms with van der Waals surface area (Å²) in [5.74, 6) is 0.888. The molecule has 0 saturated heterocycles. The van der Waals surface area contributed by atoms with Crippen LogP contribution in [0, 0.1) is 0 Å². The summed E-state index contributed by atoms with van der Waals surface area (Å²) in [7, 11) is 0. The molecular weight excluding hydrogens is 252 g/mol. The van der Waals surface area contributed by atoms with Crippen LogP contribution in [0.5, 0.6) is 5.75 Å². The summed E-state index contributed by atoms with van der Waals surface area (Å²) in [6.45, 7) is 3.64. The maximum absolute atomic E-state index is 12.0. The molecule has 0 saturated carbocycles. The summed E-state index contributed by atoms with van der Waals surface area (Å²) in [5.41, 5.74) is 2.84. The number of rotatable bonds is 4. The normalized spacial score (nSPS) is 14.8. The molecule has 0 aliphatic carbocycles. The zero-order valence-electron chi connectivity index (χ0n) is 11.8. The maximum Gasteiger partial charge on any atom is 0.268 e. The van der Waals surface area contributed by atoms with Crippen LogP contribution in [0.15, 0.2) is 18.2 Å². The zero-order valence-corrected chi connectivity index (χ0v) is 11.8. The van der Waals surface area contributed by atoms with Gasteiger partial charge in [-0.2, -0.15) is 0 Å². The summed E-state index contributed by atoms with van der Waals surface area (Å²) in [5, 5.41) is 4.03. The predicted octanol–water partition coefficient (Wildman–Crippen LogP) is 3.02. The van der Waals surface area contributed by atoms with Crippen LogP contribution in [0.2, 0.25) is 0 Å². The molecule has 4 heteroatoms. The lowest BCUT2D eigenvalue weighted by Gasteiger charge is -2.05. The molecule has 1 amide bonds. The third-order valence-corrected chi connectivity index (χ3v) is 3.76. The van der Waals surface area contributed by atoms with Crippen molar-refractivity contribution in [3.63, 3.8) is 0 Å². The highest BCUT2D eigenvalue weighted by atomic mass is 16.5. The first-order valence-electron chi connectivity index (χ1n) is 7.35. The second kappa shape index (κ2) is 5.57. The number of hydrogen-bond acceptors (Lipinski definition) is 2. The standard InChI is InChI=1S/C16H20N2O2/c1-2-3-9-20-11-6-7-14-13(10-11)12-5-4-8-17-16(19)15(12)18-14/h6-7,10,18H,2-5,8-9H2,1H3,(H,17,19). The molecule has 0 spiro atoms. The van der Waals surface area contributed by atoms with Gasteiger partial charge in [-0.15, -0.1) is 0 Å². The SMILES string of the molecule is CCCCOc1ccc2[nH]c3c(c2c1)CCCNC3=O. The summed E-state index contributed by atoms with van der Waals surface area (Å²) >= 11 is 0. The number of H-pyrrole nitrogens is 1. The third kappa shape index (κ3) is 2.38. The molecule has 0 bridgehead atoms. The molecule has 106 valence electrons. The Morgan fingerprint density at radius 2 is 2.25 bits per heavy atom. The van der Waals surface area contributed by atoms with Crippen molar-refractivity contribution in [1.29, 1.82) is 0 Å². The van der Waals surface area contributed by atoms with Crippen molar-refractivity contribution in [3.8, 4) is 5.75 Å². The first-order valence-corrected chi connectivity index (χ1v) is 7.35. The molecule has 0 atom stereocenters. The van der Waals surface area contributed by atoms with E-state index >= 15 is 0 Å². The fourth-order valence-corrected chi connectivity index (χ4v) is 2.66. The third-order valence-electron chi connectivity index (χ3n) is 3.76. The van der Waals surface area contributed by atoms with Gasteiger partial charge in [-0.3, -0.25) is 4.79 Å². The lowest BCUT2D eigenvalue weighted by Crippen LogP contribution is -2.22. The second-order valence-electron chi connectivity index (χ2n) is 5.25. The Bertz CT molecular complexity index is 631. The number of aromatic nitrogens is 1. The molecule has 3 rings (SSSR count). The molecule has 2 N–H and O–H groups in total. The zero-order chi connectivity index (χ0) is 13.9. The Morgan fingerprint density at radius 3 is 3.10 bits per heavy atom. The molecule has 0 fully saturated rings. The second-order valence-corrected chi connectivity index (χ2v) is 5.25. The van der Waals surface area contributed by atoms with Gasteiger partial charge in [0.05, 0.1) is 6.61 Å². The number of fused-ring (bicyclic) bond motifs is 3. The van der Waals surface area contributed by atoms with Crippen molar-refractivity contribution >= 4 is 16.8 Å². The van der Waals surface area contributed by atoms with Crippen molar-refractivity contribution in [3.05, 3.63) is 29.5 Å². The van der Waals surface area contributed by atoms with Crippen molar-refractivity contribution in [2.45, 2.75) is 32.6 Å². The Balaban J connectivity index is 1.96. The van der Waals surface area contributed by atoms with E-state index in [1.165, 1.54) is 0 Å². The maximum atomic E-state index is 12.0. The minimum Gasteiger partial charge on any atom is -0.494 e. The summed E-state index contributed by atoms with van der Waals surface area (Å²) in [4.78, 5) is 15.2. The van der Waals surface area contributed by atoms with Crippen LogP contribution >= 0.6 is 0 Å². The fraction of sp³-hybridized carbons (Fsp3) is 0.438. The van der Waals surface area contributed by atoms with Gasteiger partial charge in [-0.1, -0.05) is 13.3 Å². The Morgan fingerprint density at radius 1 is 1.35 bits per heavy atom. The van der Waals surface area contributed by atoms with Gasteiger partial charge in [-0.05, 0) is 43.0 Å². The van der Waals surface area contributed by atoms with Gasteiger partial charge in [0.15, 0.2) is 0 Å². The number of amides is 1. The van der Waals surface area contributed by atoms with Crippen molar-refractivity contribution in [2.24, 2.45) is 0 Å². The summed E-state index contributed by atoms with van der Waals surface area (Å²) in [6.07, 6.45) is 4.09. The van der Waals surface area contributed by atoms with Crippen LogP contribution in [0.1, 0.15) is 42.2 Å². The number of ether oxygens (including phenoxy) is 1. The molecule has 2 aromatic rings. The largest absolute Gasteiger partial charge is 0.494 e. The van der Waals surface area contributed by atoms with Crippen LogP contribution in [-0.2, 0) is 6.42 Å². The number of aryl methyl sites for hydroxylation is 1. The van der Waals surface area contributed by atoms with Crippen molar-refractivity contribution in [2.75, 3.05) is 13.2 Å². The number of unbranched alkanes of at least 4 members (excludes halogenated alkanes) is 1.